The third-order valence-corrected chi connectivity index (χ3v) is 2.64. The van der Waals surface area contributed by atoms with Crippen LogP contribution in [-0.2, 0) is 0 Å². The highest BCUT2D eigenvalue weighted by atomic mass is 16.1. The molecule has 0 aromatic carbocycles. The van der Waals surface area contributed by atoms with Crippen molar-refractivity contribution in [1.82, 2.24) is 4.98 Å². The van der Waals surface area contributed by atoms with E-state index in [1.807, 2.05) is 13.0 Å². The number of hydrogen-bond acceptors (Lipinski definition) is 3. The minimum atomic E-state index is 0.397. The van der Waals surface area contributed by atoms with Gasteiger partial charge in [0.1, 0.15) is 5.82 Å². The molecule has 0 unspecified atom stereocenters. The predicted molar refractivity (Wildman–Crippen MR) is 67.1 cm³/mol. The van der Waals surface area contributed by atoms with Crippen LogP contribution in [0.25, 0.3) is 0 Å². The van der Waals surface area contributed by atoms with E-state index in [9.17, 15) is 4.79 Å². The van der Waals surface area contributed by atoms with Gasteiger partial charge in [0.2, 0.25) is 0 Å². The summed E-state index contributed by atoms with van der Waals surface area (Å²) >= 11 is 0. The fraction of sp³-hybridized carbons (Fsp3) is 0.538. The molecule has 0 saturated carbocycles. The normalized spacial score (nSPS) is 10.9. The Morgan fingerprint density at radius 2 is 1.81 bits per heavy atom. The third kappa shape index (κ3) is 2.60. The maximum atomic E-state index is 10.7. The molecule has 88 valence electrons. The van der Waals surface area contributed by atoms with Gasteiger partial charge >= 0.3 is 0 Å². The Bertz CT molecular complexity index is 364. The lowest BCUT2D eigenvalue weighted by Gasteiger charge is -2.32. The average molecular weight is 220 g/mol. The van der Waals surface area contributed by atoms with E-state index in [4.69, 9.17) is 0 Å². The van der Waals surface area contributed by atoms with E-state index in [0.29, 0.717) is 17.6 Å². The monoisotopic (exact) mass is 220 g/mol. The molecular formula is C13H20N2O. The molecule has 1 aromatic heterocycles. The lowest BCUT2D eigenvalue weighted by atomic mass is 10.1. The molecule has 0 radical (unpaired) electrons. The molecular weight excluding hydrogens is 200 g/mol. The highest BCUT2D eigenvalue weighted by Crippen LogP contribution is 2.19. The van der Waals surface area contributed by atoms with Crippen molar-refractivity contribution in [3.05, 3.63) is 23.4 Å². The van der Waals surface area contributed by atoms with Gasteiger partial charge in [-0.1, -0.05) is 0 Å². The minimum absolute atomic E-state index is 0.397. The van der Waals surface area contributed by atoms with Crippen LogP contribution in [0.1, 0.15) is 43.6 Å². The molecule has 0 amide bonds. The summed E-state index contributed by atoms with van der Waals surface area (Å²) in [5.74, 6) is 0.938. The first kappa shape index (κ1) is 12.7. The Hall–Kier alpha value is -1.38. The van der Waals surface area contributed by atoms with Gasteiger partial charge in [-0.25, -0.2) is 4.98 Å². The number of carbonyl (C=O) groups excluding carboxylic acids is 1. The Morgan fingerprint density at radius 1 is 1.25 bits per heavy atom. The third-order valence-electron chi connectivity index (χ3n) is 2.64. The largest absolute Gasteiger partial charge is 0.352 e. The quantitative estimate of drug-likeness (QED) is 0.731. The van der Waals surface area contributed by atoms with E-state index in [-0.39, 0.29) is 0 Å². The van der Waals surface area contributed by atoms with Crippen molar-refractivity contribution in [2.24, 2.45) is 0 Å². The Labute approximate surface area is 97.5 Å². The highest BCUT2D eigenvalue weighted by Gasteiger charge is 2.15. The fourth-order valence-corrected chi connectivity index (χ4v) is 1.94. The number of anilines is 1. The Kier molecular flexibility index (Phi) is 4.05. The van der Waals surface area contributed by atoms with Crippen molar-refractivity contribution in [2.45, 2.75) is 46.7 Å². The lowest BCUT2D eigenvalue weighted by Crippen LogP contribution is -2.37. The number of pyridine rings is 1. The summed E-state index contributed by atoms with van der Waals surface area (Å²) in [6.07, 6.45) is 2.50. The average Bonchev–Trinajstić information content (AvgIpc) is 2.16. The van der Waals surface area contributed by atoms with E-state index in [2.05, 4.69) is 37.6 Å². The van der Waals surface area contributed by atoms with Crippen molar-refractivity contribution in [3.8, 4) is 0 Å². The maximum absolute atomic E-state index is 10.7. The maximum Gasteiger partial charge on any atom is 0.151 e. The van der Waals surface area contributed by atoms with Crippen molar-refractivity contribution in [3.63, 3.8) is 0 Å². The van der Waals surface area contributed by atoms with Gasteiger partial charge in [0.05, 0.1) is 0 Å². The van der Waals surface area contributed by atoms with Gasteiger partial charge < -0.3 is 4.90 Å². The number of rotatable bonds is 4. The standard InChI is InChI=1S/C13H20N2O/c1-9(2)15(10(3)4)13-6-11(5)12(8-16)7-14-13/h6-10H,1-5H3. The van der Waals surface area contributed by atoms with Gasteiger partial charge in [-0.2, -0.15) is 0 Å². The second-order valence-corrected chi connectivity index (χ2v) is 4.61. The molecule has 0 saturated heterocycles. The first-order valence-corrected chi connectivity index (χ1v) is 5.67. The molecule has 1 heterocycles. The van der Waals surface area contributed by atoms with Crippen LogP contribution in [0.4, 0.5) is 5.82 Å². The van der Waals surface area contributed by atoms with E-state index in [1.165, 1.54) is 0 Å². The number of hydrogen-bond donors (Lipinski definition) is 0. The SMILES string of the molecule is Cc1cc(N(C(C)C)C(C)C)ncc1C=O. The number of aldehydes is 1. The summed E-state index contributed by atoms with van der Waals surface area (Å²) in [6.45, 7) is 10.5. The van der Waals surface area contributed by atoms with Crippen LogP contribution >= 0.6 is 0 Å². The van der Waals surface area contributed by atoms with E-state index in [1.54, 1.807) is 6.20 Å². The molecule has 1 aromatic rings. The van der Waals surface area contributed by atoms with Gasteiger partial charge in [-0.3, -0.25) is 4.79 Å². The number of aromatic nitrogens is 1. The summed E-state index contributed by atoms with van der Waals surface area (Å²) in [4.78, 5) is 17.3. The molecule has 0 aliphatic carbocycles. The van der Waals surface area contributed by atoms with Gasteiger partial charge in [0.25, 0.3) is 0 Å². The van der Waals surface area contributed by atoms with Crippen LogP contribution in [0.3, 0.4) is 0 Å². The van der Waals surface area contributed by atoms with Crippen LogP contribution in [0.2, 0.25) is 0 Å². The first-order chi connectivity index (χ1) is 7.47. The smallest absolute Gasteiger partial charge is 0.151 e. The van der Waals surface area contributed by atoms with Crippen LogP contribution in [0.15, 0.2) is 12.3 Å². The molecule has 0 bridgehead atoms. The summed E-state index contributed by atoms with van der Waals surface area (Å²) < 4.78 is 0. The summed E-state index contributed by atoms with van der Waals surface area (Å²) in [5.41, 5.74) is 1.64. The Balaban J connectivity index is 3.11. The van der Waals surface area contributed by atoms with Crippen LogP contribution in [0, 0.1) is 6.92 Å². The molecule has 1 rings (SSSR count). The zero-order chi connectivity index (χ0) is 12.3. The van der Waals surface area contributed by atoms with Crippen molar-refractivity contribution in [2.75, 3.05) is 4.90 Å². The van der Waals surface area contributed by atoms with Gasteiger partial charge in [0, 0.05) is 23.8 Å². The lowest BCUT2D eigenvalue weighted by molar-refractivity contribution is 0.112. The fourth-order valence-electron chi connectivity index (χ4n) is 1.94. The van der Waals surface area contributed by atoms with Gasteiger partial charge in [-0.05, 0) is 46.2 Å². The van der Waals surface area contributed by atoms with E-state index < -0.39 is 0 Å². The van der Waals surface area contributed by atoms with Crippen LogP contribution in [0.5, 0.6) is 0 Å². The second kappa shape index (κ2) is 5.10. The molecule has 0 aliphatic rings. The van der Waals surface area contributed by atoms with Gasteiger partial charge in [-0.15, -0.1) is 0 Å². The highest BCUT2D eigenvalue weighted by molar-refractivity contribution is 5.77. The van der Waals surface area contributed by atoms with Gasteiger partial charge in [0.15, 0.2) is 6.29 Å². The van der Waals surface area contributed by atoms with Crippen molar-refractivity contribution < 1.29 is 4.79 Å². The molecule has 0 fully saturated rings. The molecule has 0 atom stereocenters. The molecule has 0 spiro atoms. The molecule has 0 aliphatic heterocycles. The first-order valence-electron chi connectivity index (χ1n) is 5.67. The minimum Gasteiger partial charge on any atom is -0.352 e. The number of nitrogens with zero attached hydrogens (tertiary/aromatic N) is 2. The number of carbonyl (C=O) groups is 1. The van der Waals surface area contributed by atoms with E-state index >= 15 is 0 Å². The summed E-state index contributed by atoms with van der Waals surface area (Å²) in [5, 5.41) is 0. The van der Waals surface area contributed by atoms with Crippen molar-refractivity contribution >= 4 is 12.1 Å². The molecule has 0 N–H and O–H groups in total. The van der Waals surface area contributed by atoms with E-state index in [0.717, 1.165) is 17.7 Å². The summed E-state index contributed by atoms with van der Waals surface area (Å²) in [6, 6.07) is 2.77. The second-order valence-electron chi connectivity index (χ2n) is 4.61. The predicted octanol–water partition coefficient (Wildman–Crippen LogP) is 2.83. The molecule has 3 nitrogen and oxygen atoms in total. The summed E-state index contributed by atoms with van der Waals surface area (Å²) in [7, 11) is 0. The van der Waals surface area contributed by atoms with Crippen LogP contribution < -0.4 is 4.90 Å². The number of aryl methyl sites for hydroxylation is 1. The zero-order valence-electron chi connectivity index (χ0n) is 10.7. The Morgan fingerprint density at radius 3 is 2.19 bits per heavy atom. The molecule has 3 heteroatoms. The topological polar surface area (TPSA) is 33.2 Å². The zero-order valence-corrected chi connectivity index (χ0v) is 10.7. The van der Waals surface area contributed by atoms with Crippen LogP contribution in [-0.4, -0.2) is 23.4 Å². The molecule has 16 heavy (non-hydrogen) atoms. The van der Waals surface area contributed by atoms with Crippen molar-refractivity contribution in [1.29, 1.82) is 0 Å².